The zero-order chi connectivity index (χ0) is 25.0. The normalized spacial score (nSPS) is 13.2. The van der Waals surface area contributed by atoms with Crippen LogP contribution in [0.5, 0.6) is 5.75 Å². The van der Waals surface area contributed by atoms with Gasteiger partial charge in [-0.25, -0.2) is 4.79 Å². The number of phenols is 1. The van der Waals surface area contributed by atoms with Crippen LogP contribution in [0.25, 0.3) is 0 Å². The van der Waals surface area contributed by atoms with E-state index in [2.05, 4.69) is 11.9 Å². The quantitative estimate of drug-likeness (QED) is 0.441. The van der Waals surface area contributed by atoms with Crippen LogP contribution in [0.2, 0.25) is 0 Å². The molecule has 180 valence electrons. The van der Waals surface area contributed by atoms with Gasteiger partial charge in [0.1, 0.15) is 17.9 Å². The summed E-state index contributed by atoms with van der Waals surface area (Å²) in [6.45, 7) is 5.75. The van der Waals surface area contributed by atoms with Gasteiger partial charge in [-0.1, -0.05) is 61.2 Å². The molecule has 0 saturated heterocycles. The van der Waals surface area contributed by atoms with Crippen molar-refractivity contribution in [3.8, 4) is 5.75 Å². The minimum absolute atomic E-state index is 0.0289. The molecule has 0 aliphatic heterocycles. The summed E-state index contributed by atoms with van der Waals surface area (Å²) in [5.74, 6) is -0.129. The van der Waals surface area contributed by atoms with E-state index in [0.717, 1.165) is 11.1 Å². The number of hydrogen-bond acceptors (Lipinski definition) is 5. The van der Waals surface area contributed by atoms with Gasteiger partial charge in [0.2, 0.25) is 5.91 Å². The van der Waals surface area contributed by atoms with Crippen molar-refractivity contribution in [3.05, 3.63) is 102 Å². The smallest absolute Gasteiger partial charge is 0.408 e. The molecule has 7 nitrogen and oxygen atoms in total. The van der Waals surface area contributed by atoms with Crippen LogP contribution in [-0.4, -0.2) is 47.7 Å². The molecule has 0 unspecified atom stereocenters. The summed E-state index contributed by atoms with van der Waals surface area (Å²) in [6.07, 6.45) is 6.36. The molecular weight excluding hydrogens is 430 g/mol. The SMILES string of the molecule is C=C/C=C(\C=C/N)COC(=O)N[C@@](C)(Cc1ccc(O)cc1)C(=O)N(C)CCc1ccccc1. The Morgan fingerprint density at radius 3 is 2.44 bits per heavy atom. The molecule has 0 bridgehead atoms. The molecule has 0 heterocycles. The number of alkyl carbamates (subject to hydrolysis) is 1. The number of carbonyl (C=O) groups is 2. The molecular formula is C27H33N3O4. The zero-order valence-corrected chi connectivity index (χ0v) is 19.7. The third-order valence-corrected chi connectivity index (χ3v) is 5.28. The van der Waals surface area contributed by atoms with Gasteiger partial charge < -0.3 is 25.8 Å². The average molecular weight is 464 g/mol. The molecule has 7 heteroatoms. The lowest BCUT2D eigenvalue weighted by Gasteiger charge is -2.33. The number of nitrogens with zero attached hydrogens (tertiary/aromatic N) is 1. The van der Waals surface area contributed by atoms with Crippen molar-refractivity contribution in [3.63, 3.8) is 0 Å². The Hall–Kier alpha value is -4.00. The highest BCUT2D eigenvalue weighted by Gasteiger charge is 2.38. The van der Waals surface area contributed by atoms with Crippen molar-refractivity contribution in [2.75, 3.05) is 20.2 Å². The number of allylic oxidation sites excluding steroid dienone is 2. The number of phenolic OH excluding ortho intramolecular Hbond substituents is 1. The van der Waals surface area contributed by atoms with Gasteiger partial charge in [0.25, 0.3) is 0 Å². The van der Waals surface area contributed by atoms with Gasteiger partial charge in [0, 0.05) is 20.0 Å². The second kappa shape index (κ2) is 12.9. The van der Waals surface area contributed by atoms with E-state index in [9.17, 15) is 14.7 Å². The summed E-state index contributed by atoms with van der Waals surface area (Å²) in [5, 5.41) is 12.3. The molecule has 0 aliphatic rings. The first-order chi connectivity index (χ1) is 16.3. The Bertz CT molecular complexity index is 1020. The maximum atomic E-state index is 13.5. The Labute approximate surface area is 201 Å². The summed E-state index contributed by atoms with van der Waals surface area (Å²) in [5.41, 5.74) is 6.70. The van der Waals surface area contributed by atoms with E-state index in [0.29, 0.717) is 18.5 Å². The number of likely N-dealkylation sites (N-methyl/N-ethyl adjacent to an activating group) is 1. The summed E-state index contributed by atoms with van der Waals surface area (Å²) >= 11 is 0. The van der Waals surface area contributed by atoms with Crippen LogP contribution >= 0.6 is 0 Å². The number of nitrogens with two attached hydrogens (primary N) is 1. The highest BCUT2D eigenvalue weighted by molar-refractivity contribution is 5.89. The third kappa shape index (κ3) is 8.16. The standard InChI is InChI=1S/C27H33N3O4/c1-4-8-23(15-17-28)20-34-26(33)29-27(2,19-22-11-13-24(31)14-12-22)25(32)30(3)18-16-21-9-6-5-7-10-21/h4-15,17,31H,1,16,18-20,28H2,2-3H3,(H,29,33)/b17-15-,23-8+/t27-/m0/s1. The average Bonchev–Trinajstić information content (AvgIpc) is 2.83. The van der Waals surface area contributed by atoms with E-state index >= 15 is 0 Å². The second-order valence-corrected chi connectivity index (χ2v) is 8.18. The largest absolute Gasteiger partial charge is 0.508 e. The van der Waals surface area contributed by atoms with Gasteiger partial charge in [0.15, 0.2) is 0 Å². The van der Waals surface area contributed by atoms with Gasteiger partial charge >= 0.3 is 6.09 Å². The van der Waals surface area contributed by atoms with E-state index in [1.54, 1.807) is 61.4 Å². The van der Waals surface area contributed by atoms with Gasteiger partial charge in [-0.3, -0.25) is 4.79 Å². The number of amides is 2. The fourth-order valence-corrected chi connectivity index (χ4v) is 3.50. The number of ether oxygens (including phenoxy) is 1. The number of nitrogens with one attached hydrogen (secondary N) is 1. The van der Waals surface area contributed by atoms with Gasteiger partial charge in [-0.05, 0) is 54.5 Å². The Kier molecular flexibility index (Phi) is 9.95. The van der Waals surface area contributed by atoms with Crippen LogP contribution in [0.3, 0.4) is 0 Å². The molecule has 0 fully saturated rings. The fraction of sp³-hybridized carbons (Fsp3) is 0.259. The Morgan fingerprint density at radius 1 is 1.15 bits per heavy atom. The van der Waals surface area contributed by atoms with Crippen molar-refractivity contribution in [2.24, 2.45) is 5.73 Å². The minimum Gasteiger partial charge on any atom is -0.508 e. The highest BCUT2D eigenvalue weighted by atomic mass is 16.5. The molecule has 2 aromatic rings. The van der Waals surface area contributed by atoms with Crippen LogP contribution in [-0.2, 0) is 22.4 Å². The molecule has 2 aromatic carbocycles. The second-order valence-electron chi connectivity index (χ2n) is 8.18. The van der Waals surface area contributed by atoms with Gasteiger partial charge in [0.05, 0.1) is 0 Å². The van der Waals surface area contributed by atoms with E-state index < -0.39 is 11.6 Å². The maximum Gasteiger partial charge on any atom is 0.408 e. The van der Waals surface area contributed by atoms with Crippen molar-refractivity contribution in [2.45, 2.75) is 25.3 Å². The summed E-state index contributed by atoms with van der Waals surface area (Å²) in [6, 6.07) is 16.4. The predicted molar refractivity (Wildman–Crippen MR) is 134 cm³/mol. The number of rotatable bonds is 11. The van der Waals surface area contributed by atoms with Crippen molar-refractivity contribution < 1.29 is 19.4 Å². The number of aromatic hydroxyl groups is 1. The first-order valence-corrected chi connectivity index (χ1v) is 11.0. The molecule has 0 radical (unpaired) electrons. The molecule has 4 N–H and O–H groups in total. The van der Waals surface area contributed by atoms with Crippen LogP contribution in [0.4, 0.5) is 4.79 Å². The predicted octanol–water partition coefficient (Wildman–Crippen LogP) is 3.71. The van der Waals surface area contributed by atoms with Crippen LogP contribution in [0, 0.1) is 0 Å². The molecule has 0 spiro atoms. The molecule has 2 amide bonds. The Morgan fingerprint density at radius 2 is 1.82 bits per heavy atom. The maximum absolute atomic E-state index is 13.5. The van der Waals surface area contributed by atoms with E-state index in [4.69, 9.17) is 10.5 Å². The summed E-state index contributed by atoms with van der Waals surface area (Å²) in [7, 11) is 1.71. The van der Waals surface area contributed by atoms with Crippen molar-refractivity contribution >= 4 is 12.0 Å². The minimum atomic E-state index is -1.27. The van der Waals surface area contributed by atoms with Crippen molar-refractivity contribution in [1.82, 2.24) is 10.2 Å². The molecule has 0 aromatic heterocycles. The Balaban J connectivity index is 2.16. The van der Waals surface area contributed by atoms with Crippen molar-refractivity contribution in [1.29, 1.82) is 0 Å². The van der Waals surface area contributed by atoms with Crippen LogP contribution < -0.4 is 11.1 Å². The first-order valence-electron chi connectivity index (χ1n) is 11.0. The van der Waals surface area contributed by atoms with Gasteiger partial charge in [-0.15, -0.1) is 0 Å². The topological polar surface area (TPSA) is 105 Å². The monoisotopic (exact) mass is 463 g/mol. The third-order valence-electron chi connectivity index (χ3n) is 5.28. The summed E-state index contributed by atoms with van der Waals surface area (Å²) in [4.78, 5) is 27.8. The summed E-state index contributed by atoms with van der Waals surface area (Å²) < 4.78 is 5.34. The molecule has 0 saturated carbocycles. The van der Waals surface area contributed by atoms with E-state index in [1.165, 1.54) is 6.20 Å². The molecule has 2 rings (SSSR count). The van der Waals surface area contributed by atoms with Crippen LogP contribution in [0.1, 0.15) is 18.1 Å². The lowest BCUT2D eigenvalue weighted by atomic mass is 9.91. The van der Waals surface area contributed by atoms with E-state index in [1.807, 2.05) is 30.3 Å². The van der Waals surface area contributed by atoms with E-state index in [-0.39, 0.29) is 24.7 Å². The molecule has 0 aliphatic carbocycles. The number of carbonyl (C=O) groups excluding carboxylic acids is 2. The number of hydrogen-bond donors (Lipinski definition) is 3. The molecule has 34 heavy (non-hydrogen) atoms. The van der Waals surface area contributed by atoms with Crippen LogP contribution in [0.15, 0.2) is 91.2 Å². The van der Waals surface area contributed by atoms with Gasteiger partial charge in [-0.2, -0.15) is 0 Å². The zero-order valence-electron chi connectivity index (χ0n) is 19.7. The molecule has 1 atom stereocenters. The lowest BCUT2D eigenvalue weighted by Crippen LogP contribution is -2.58. The first kappa shape index (κ1) is 26.3. The fourth-order valence-electron chi connectivity index (χ4n) is 3.50. The lowest BCUT2D eigenvalue weighted by molar-refractivity contribution is -0.136. The number of benzene rings is 2. The highest BCUT2D eigenvalue weighted by Crippen LogP contribution is 2.19.